The third kappa shape index (κ3) is 5.31. The quantitative estimate of drug-likeness (QED) is 0.768. The first-order valence-corrected chi connectivity index (χ1v) is 9.93. The molecule has 0 aliphatic carbocycles. The van der Waals surface area contributed by atoms with Crippen molar-refractivity contribution < 1.29 is 9.59 Å². The van der Waals surface area contributed by atoms with Crippen molar-refractivity contribution in [3.8, 4) is 0 Å². The van der Waals surface area contributed by atoms with Crippen LogP contribution < -0.4 is 15.5 Å². The summed E-state index contributed by atoms with van der Waals surface area (Å²) in [6, 6.07) is 11.0. The maximum atomic E-state index is 12.5. The molecular formula is C22H28N4O2. The van der Waals surface area contributed by atoms with Crippen LogP contribution in [0.5, 0.6) is 0 Å². The van der Waals surface area contributed by atoms with Crippen molar-refractivity contribution in [1.29, 1.82) is 0 Å². The number of rotatable bonds is 7. The molecule has 0 unspecified atom stereocenters. The average Bonchev–Trinajstić information content (AvgIpc) is 3.23. The highest BCUT2D eigenvalue weighted by Crippen LogP contribution is 2.22. The molecule has 1 aromatic heterocycles. The molecule has 1 saturated heterocycles. The lowest BCUT2D eigenvalue weighted by atomic mass is 10.1. The van der Waals surface area contributed by atoms with E-state index in [0.29, 0.717) is 23.7 Å². The molecule has 0 atom stereocenters. The Morgan fingerprint density at radius 2 is 1.79 bits per heavy atom. The highest BCUT2D eigenvalue weighted by molar-refractivity contribution is 6.04. The van der Waals surface area contributed by atoms with E-state index in [0.717, 1.165) is 19.5 Å². The Bertz CT molecular complexity index is 812. The van der Waals surface area contributed by atoms with E-state index in [2.05, 4.69) is 34.4 Å². The molecule has 3 rings (SSSR count). The molecule has 0 radical (unpaired) electrons. The van der Waals surface area contributed by atoms with Crippen LogP contribution in [0.4, 0.5) is 11.4 Å². The molecule has 6 heteroatoms. The number of aromatic nitrogens is 1. The summed E-state index contributed by atoms with van der Waals surface area (Å²) in [6.45, 7) is 7.00. The van der Waals surface area contributed by atoms with Gasteiger partial charge in [-0.3, -0.25) is 14.6 Å². The topological polar surface area (TPSA) is 74.3 Å². The first-order valence-electron chi connectivity index (χ1n) is 9.93. The second-order valence-electron chi connectivity index (χ2n) is 7.56. The maximum Gasteiger partial charge on any atom is 0.274 e. The van der Waals surface area contributed by atoms with Crippen LogP contribution in [0.15, 0.2) is 42.6 Å². The minimum atomic E-state index is -0.328. The molecule has 2 aromatic rings. The Balaban J connectivity index is 1.60. The van der Waals surface area contributed by atoms with Gasteiger partial charge in [0.25, 0.3) is 11.8 Å². The Morgan fingerprint density at radius 3 is 2.46 bits per heavy atom. The molecule has 1 aliphatic heterocycles. The van der Waals surface area contributed by atoms with Gasteiger partial charge in [0.1, 0.15) is 5.69 Å². The van der Waals surface area contributed by atoms with E-state index in [1.165, 1.54) is 30.8 Å². The van der Waals surface area contributed by atoms with Crippen LogP contribution in [0.25, 0.3) is 0 Å². The molecule has 2 N–H and O–H groups in total. The molecule has 1 aliphatic rings. The van der Waals surface area contributed by atoms with Crippen LogP contribution in [-0.4, -0.2) is 36.4 Å². The van der Waals surface area contributed by atoms with Crippen LogP contribution in [0.2, 0.25) is 0 Å². The molecule has 28 heavy (non-hydrogen) atoms. The van der Waals surface area contributed by atoms with E-state index in [1.54, 1.807) is 6.07 Å². The average molecular weight is 380 g/mol. The fourth-order valence-electron chi connectivity index (χ4n) is 3.20. The highest BCUT2D eigenvalue weighted by atomic mass is 16.2. The second-order valence-corrected chi connectivity index (χ2v) is 7.56. The SMILES string of the molecule is CC(C)CCNC(=O)c1ccnc(C(=O)Nc2ccc(N3CCCC3)cc2)c1. The summed E-state index contributed by atoms with van der Waals surface area (Å²) in [5.41, 5.74) is 2.55. The lowest BCUT2D eigenvalue weighted by Crippen LogP contribution is -2.26. The summed E-state index contributed by atoms with van der Waals surface area (Å²) < 4.78 is 0. The molecule has 0 spiro atoms. The Labute approximate surface area is 166 Å². The van der Waals surface area contributed by atoms with Crippen molar-refractivity contribution in [3.05, 3.63) is 53.9 Å². The predicted molar refractivity (Wildman–Crippen MR) is 112 cm³/mol. The van der Waals surface area contributed by atoms with Gasteiger partial charge >= 0.3 is 0 Å². The lowest BCUT2D eigenvalue weighted by Gasteiger charge is -2.17. The Kier molecular flexibility index (Phi) is 6.63. The van der Waals surface area contributed by atoms with Gasteiger partial charge < -0.3 is 15.5 Å². The molecule has 2 heterocycles. The molecule has 0 bridgehead atoms. The summed E-state index contributed by atoms with van der Waals surface area (Å²) in [6.07, 6.45) is 4.86. The van der Waals surface area contributed by atoms with Gasteiger partial charge in [0.05, 0.1) is 0 Å². The van der Waals surface area contributed by atoms with E-state index in [-0.39, 0.29) is 17.5 Å². The molecular weight excluding hydrogens is 352 g/mol. The number of anilines is 2. The van der Waals surface area contributed by atoms with Crippen LogP contribution in [0.1, 0.15) is 54.0 Å². The number of nitrogens with zero attached hydrogens (tertiary/aromatic N) is 2. The van der Waals surface area contributed by atoms with Crippen molar-refractivity contribution in [2.24, 2.45) is 5.92 Å². The maximum absolute atomic E-state index is 12.5. The van der Waals surface area contributed by atoms with Crippen LogP contribution in [-0.2, 0) is 0 Å². The van der Waals surface area contributed by atoms with E-state index in [1.807, 2.05) is 24.3 Å². The number of hydrogen-bond acceptors (Lipinski definition) is 4. The monoisotopic (exact) mass is 380 g/mol. The van der Waals surface area contributed by atoms with Crippen molar-refractivity contribution in [3.63, 3.8) is 0 Å². The zero-order valence-corrected chi connectivity index (χ0v) is 16.6. The van der Waals surface area contributed by atoms with Gasteiger partial charge in [0.2, 0.25) is 0 Å². The van der Waals surface area contributed by atoms with Gasteiger partial charge in [-0.1, -0.05) is 13.8 Å². The van der Waals surface area contributed by atoms with Gasteiger partial charge in [-0.2, -0.15) is 0 Å². The van der Waals surface area contributed by atoms with Crippen LogP contribution in [0, 0.1) is 5.92 Å². The molecule has 2 amide bonds. The van der Waals surface area contributed by atoms with E-state index in [9.17, 15) is 9.59 Å². The number of amides is 2. The van der Waals surface area contributed by atoms with Gasteiger partial charge in [0, 0.05) is 42.8 Å². The summed E-state index contributed by atoms with van der Waals surface area (Å²) >= 11 is 0. The van der Waals surface area contributed by atoms with Gasteiger partial charge in [-0.05, 0) is 61.6 Å². The lowest BCUT2D eigenvalue weighted by molar-refractivity contribution is 0.0952. The Morgan fingerprint density at radius 1 is 1.07 bits per heavy atom. The predicted octanol–water partition coefficient (Wildman–Crippen LogP) is 3.71. The minimum absolute atomic E-state index is 0.188. The van der Waals surface area contributed by atoms with Gasteiger partial charge in [-0.15, -0.1) is 0 Å². The normalized spacial score (nSPS) is 13.6. The molecule has 1 aromatic carbocycles. The summed E-state index contributed by atoms with van der Waals surface area (Å²) in [4.78, 5) is 31.2. The summed E-state index contributed by atoms with van der Waals surface area (Å²) in [5, 5.41) is 5.72. The first-order chi connectivity index (χ1) is 13.5. The smallest absolute Gasteiger partial charge is 0.274 e. The first kappa shape index (κ1) is 19.9. The zero-order valence-electron chi connectivity index (χ0n) is 16.6. The molecule has 1 fully saturated rings. The second kappa shape index (κ2) is 9.35. The van der Waals surface area contributed by atoms with Crippen molar-refractivity contribution >= 4 is 23.2 Å². The van der Waals surface area contributed by atoms with Crippen molar-refractivity contribution in [2.45, 2.75) is 33.1 Å². The number of nitrogens with one attached hydrogen (secondary N) is 2. The van der Waals surface area contributed by atoms with E-state index in [4.69, 9.17) is 0 Å². The minimum Gasteiger partial charge on any atom is -0.372 e. The number of carbonyl (C=O) groups excluding carboxylic acids is 2. The van der Waals surface area contributed by atoms with Gasteiger partial charge in [0.15, 0.2) is 0 Å². The number of pyridine rings is 1. The molecule has 6 nitrogen and oxygen atoms in total. The largest absolute Gasteiger partial charge is 0.372 e. The third-order valence-corrected chi connectivity index (χ3v) is 4.86. The standard InChI is InChI=1S/C22H28N4O2/c1-16(2)9-11-24-21(27)17-10-12-23-20(15-17)22(28)25-18-5-7-19(8-6-18)26-13-3-4-14-26/h5-8,10,12,15-16H,3-4,9,11,13-14H2,1-2H3,(H,24,27)(H,25,28). The molecule has 0 saturated carbocycles. The fraction of sp³-hybridized carbons (Fsp3) is 0.409. The fourth-order valence-corrected chi connectivity index (χ4v) is 3.20. The van der Waals surface area contributed by atoms with Crippen molar-refractivity contribution in [2.75, 3.05) is 29.9 Å². The number of benzene rings is 1. The van der Waals surface area contributed by atoms with Crippen LogP contribution >= 0.6 is 0 Å². The number of carbonyl (C=O) groups is 2. The third-order valence-electron chi connectivity index (χ3n) is 4.86. The van der Waals surface area contributed by atoms with E-state index >= 15 is 0 Å². The number of hydrogen-bond donors (Lipinski definition) is 2. The Hall–Kier alpha value is -2.89. The summed E-state index contributed by atoms with van der Waals surface area (Å²) in [5.74, 6) is 0.00811. The van der Waals surface area contributed by atoms with Gasteiger partial charge in [-0.25, -0.2) is 0 Å². The molecule has 148 valence electrons. The highest BCUT2D eigenvalue weighted by Gasteiger charge is 2.14. The van der Waals surface area contributed by atoms with Crippen LogP contribution in [0.3, 0.4) is 0 Å². The zero-order chi connectivity index (χ0) is 19.9. The van der Waals surface area contributed by atoms with Crippen molar-refractivity contribution in [1.82, 2.24) is 10.3 Å². The van der Waals surface area contributed by atoms with E-state index < -0.39 is 0 Å². The summed E-state index contributed by atoms with van der Waals surface area (Å²) in [7, 11) is 0.